The molecule has 0 aliphatic carbocycles. The first-order valence-corrected chi connectivity index (χ1v) is 12.6. The van der Waals surface area contributed by atoms with Gasteiger partial charge in [0.05, 0.1) is 6.61 Å². The summed E-state index contributed by atoms with van der Waals surface area (Å²) >= 11 is 0. The molecular formula is C28H36N4O4. The lowest BCUT2D eigenvalue weighted by Crippen LogP contribution is -2.59. The van der Waals surface area contributed by atoms with E-state index in [-0.39, 0.29) is 29.7 Å². The van der Waals surface area contributed by atoms with Gasteiger partial charge >= 0.3 is 0 Å². The van der Waals surface area contributed by atoms with Crippen molar-refractivity contribution >= 4 is 17.7 Å². The average molecular weight is 493 g/mol. The Balaban J connectivity index is 1.54. The van der Waals surface area contributed by atoms with E-state index >= 15 is 0 Å². The number of hydrogen-bond donors (Lipinski definition) is 1. The lowest BCUT2D eigenvalue weighted by molar-refractivity contribution is -0.145. The molecule has 2 aliphatic rings. The maximum absolute atomic E-state index is 13.8. The van der Waals surface area contributed by atoms with Gasteiger partial charge in [-0.25, -0.2) is 0 Å². The van der Waals surface area contributed by atoms with Crippen molar-refractivity contribution in [1.82, 2.24) is 20.1 Å². The number of nitrogens with zero attached hydrogens (tertiary/aromatic N) is 3. The zero-order chi connectivity index (χ0) is 25.9. The molecule has 1 N–H and O–H groups in total. The van der Waals surface area contributed by atoms with Gasteiger partial charge in [-0.3, -0.25) is 24.3 Å². The molecule has 2 aromatic rings. The molecule has 0 radical (unpaired) electrons. The largest absolute Gasteiger partial charge is 0.353 e. The van der Waals surface area contributed by atoms with Gasteiger partial charge in [-0.15, -0.1) is 0 Å². The molecule has 2 aliphatic heterocycles. The van der Waals surface area contributed by atoms with E-state index in [9.17, 15) is 14.4 Å². The van der Waals surface area contributed by atoms with Gasteiger partial charge in [0, 0.05) is 56.9 Å². The molecule has 0 unspecified atom stereocenters. The molecule has 1 aromatic heterocycles. The molecule has 2 saturated heterocycles. The summed E-state index contributed by atoms with van der Waals surface area (Å²) in [6, 6.07) is 10.3. The maximum Gasteiger partial charge on any atom is 0.256 e. The average Bonchev–Trinajstić information content (AvgIpc) is 3.20. The minimum Gasteiger partial charge on any atom is -0.353 e. The van der Waals surface area contributed by atoms with Crippen LogP contribution in [0.5, 0.6) is 0 Å². The van der Waals surface area contributed by atoms with Crippen molar-refractivity contribution in [3.8, 4) is 0 Å². The molecule has 2 fully saturated rings. The molecule has 0 saturated carbocycles. The molecule has 0 bridgehead atoms. The standard InChI is InChI=1S/C28H36N4O4/c1-20-7-5-9-22(15-20)26(35)32-23(25(34)30-18-21-8-6-12-29-17-21)19-36-28(32)10-13-31(14-11-28)24(33)16-27(2,3)4/h5-9,12,15,17,23H,10-11,13-14,16,18-19H2,1-4H3,(H,30,34)/t23-/m0/s1. The van der Waals surface area contributed by atoms with E-state index in [1.165, 1.54) is 0 Å². The van der Waals surface area contributed by atoms with E-state index in [2.05, 4.69) is 10.3 Å². The number of carbonyl (C=O) groups is 3. The minimum atomic E-state index is -0.921. The lowest BCUT2D eigenvalue weighted by Gasteiger charge is -2.45. The van der Waals surface area contributed by atoms with Crippen LogP contribution in [-0.2, 0) is 20.9 Å². The SMILES string of the molecule is Cc1cccc(C(=O)N2[C@H](C(=O)NCc3cccnc3)COC23CCN(C(=O)CC(C)(C)C)CC3)c1. The highest BCUT2D eigenvalue weighted by Gasteiger charge is 2.54. The van der Waals surface area contributed by atoms with Crippen molar-refractivity contribution in [1.29, 1.82) is 0 Å². The molecule has 1 spiro atoms. The molecule has 8 heteroatoms. The van der Waals surface area contributed by atoms with E-state index in [1.54, 1.807) is 23.4 Å². The summed E-state index contributed by atoms with van der Waals surface area (Å²) in [5.74, 6) is -0.382. The van der Waals surface area contributed by atoms with Crippen molar-refractivity contribution in [3.05, 3.63) is 65.5 Å². The van der Waals surface area contributed by atoms with Gasteiger partial charge in [0.1, 0.15) is 11.8 Å². The molecule has 192 valence electrons. The smallest absolute Gasteiger partial charge is 0.256 e. The molecule has 3 heterocycles. The van der Waals surface area contributed by atoms with Gasteiger partial charge in [-0.2, -0.15) is 0 Å². The zero-order valence-electron chi connectivity index (χ0n) is 21.6. The highest BCUT2D eigenvalue weighted by molar-refractivity contribution is 5.98. The van der Waals surface area contributed by atoms with Crippen LogP contribution in [0.15, 0.2) is 48.8 Å². The summed E-state index contributed by atoms with van der Waals surface area (Å²) in [7, 11) is 0. The topological polar surface area (TPSA) is 91.8 Å². The molecule has 36 heavy (non-hydrogen) atoms. The third-order valence-corrected chi connectivity index (χ3v) is 6.82. The summed E-state index contributed by atoms with van der Waals surface area (Å²) in [6.07, 6.45) is 4.78. The molecule has 8 nitrogen and oxygen atoms in total. The summed E-state index contributed by atoms with van der Waals surface area (Å²) in [6.45, 7) is 9.48. The number of likely N-dealkylation sites (tertiary alicyclic amines) is 1. The van der Waals surface area contributed by atoms with E-state index < -0.39 is 11.8 Å². The Bertz CT molecular complexity index is 1100. The number of amides is 3. The highest BCUT2D eigenvalue weighted by atomic mass is 16.5. The number of aromatic nitrogens is 1. The van der Waals surface area contributed by atoms with E-state index in [0.717, 1.165) is 11.1 Å². The number of rotatable bonds is 5. The Morgan fingerprint density at radius 1 is 1.14 bits per heavy atom. The van der Waals surface area contributed by atoms with Gasteiger partial charge in [0.25, 0.3) is 5.91 Å². The minimum absolute atomic E-state index is 0.0965. The van der Waals surface area contributed by atoms with Crippen molar-refractivity contribution in [2.45, 2.75) is 65.3 Å². The molecule has 4 rings (SSSR count). The first-order chi connectivity index (χ1) is 17.1. The normalized spacial score (nSPS) is 19.4. The molecule has 1 aromatic carbocycles. The fourth-order valence-corrected chi connectivity index (χ4v) is 4.96. The number of aryl methyl sites for hydroxylation is 1. The van der Waals surface area contributed by atoms with Crippen molar-refractivity contribution in [3.63, 3.8) is 0 Å². The number of pyridine rings is 1. The van der Waals surface area contributed by atoms with Crippen molar-refractivity contribution in [2.75, 3.05) is 19.7 Å². The van der Waals surface area contributed by atoms with Crippen LogP contribution in [-0.4, -0.2) is 64.0 Å². The van der Waals surface area contributed by atoms with Crippen LogP contribution in [0.2, 0.25) is 0 Å². The van der Waals surface area contributed by atoms with Crippen molar-refractivity contribution < 1.29 is 19.1 Å². The predicted molar refractivity (Wildman–Crippen MR) is 136 cm³/mol. The number of piperidine rings is 1. The van der Waals surface area contributed by atoms with E-state index in [1.807, 2.05) is 62.9 Å². The number of carbonyl (C=O) groups excluding carboxylic acids is 3. The fourth-order valence-electron chi connectivity index (χ4n) is 4.96. The van der Waals surface area contributed by atoms with E-state index in [4.69, 9.17) is 4.74 Å². The molecule has 3 amide bonds. The third-order valence-electron chi connectivity index (χ3n) is 6.82. The maximum atomic E-state index is 13.8. The predicted octanol–water partition coefficient (Wildman–Crippen LogP) is 3.30. The summed E-state index contributed by atoms with van der Waals surface area (Å²) in [5.41, 5.74) is 1.35. The van der Waals surface area contributed by atoms with Crippen LogP contribution < -0.4 is 5.32 Å². The van der Waals surface area contributed by atoms with Crippen LogP contribution in [0.25, 0.3) is 0 Å². The number of nitrogens with one attached hydrogen (secondary N) is 1. The van der Waals surface area contributed by atoms with E-state index in [0.29, 0.717) is 44.5 Å². The zero-order valence-corrected chi connectivity index (χ0v) is 21.6. The van der Waals surface area contributed by atoms with Gasteiger partial charge in [-0.1, -0.05) is 44.5 Å². The third kappa shape index (κ3) is 5.75. The summed E-state index contributed by atoms with van der Waals surface area (Å²) in [4.78, 5) is 47.5. The molecule has 1 atom stereocenters. The van der Waals surface area contributed by atoms with Gasteiger partial charge in [0.2, 0.25) is 11.8 Å². The second-order valence-corrected chi connectivity index (χ2v) is 11.0. The van der Waals surface area contributed by atoms with Crippen LogP contribution in [0.1, 0.15) is 61.5 Å². The van der Waals surface area contributed by atoms with Gasteiger partial charge < -0.3 is 15.0 Å². The second-order valence-electron chi connectivity index (χ2n) is 11.0. The molecular weight excluding hydrogens is 456 g/mol. The monoisotopic (exact) mass is 492 g/mol. The Kier molecular flexibility index (Phi) is 7.45. The summed E-state index contributed by atoms with van der Waals surface area (Å²) < 4.78 is 6.28. The van der Waals surface area contributed by atoms with Gasteiger partial charge in [-0.05, 0) is 36.1 Å². The van der Waals surface area contributed by atoms with Crippen LogP contribution in [0.3, 0.4) is 0 Å². The highest BCUT2D eigenvalue weighted by Crippen LogP contribution is 2.39. The fraction of sp³-hybridized carbons (Fsp3) is 0.500. The van der Waals surface area contributed by atoms with Crippen LogP contribution in [0.4, 0.5) is 0 Å². The van der Waals surface area contributed by atoms with Crippen LogP contribution >= 0.6 is 0 Å². The second kappa shape index (κ2) is 10.4. The summed E-state index contributed by atoms with van der Waals surface area (Å²) in [5, 5.41) is 2.95. The first-order valence-electron chi connectivity index (χ1n) is 12.6. The number of benzene rings is 1. The Hall–Kier alpha value is -3.26. The number of hydrogen-bond acceptors (Lipinski definition) is 5. The van der Waals surface area contributed by atoms with Crippen molar-refractivity contribution in [2.24, 2.45) is 5.41 Å². The quantitative estimate of drug-likeness (QED) is 0.692. The Morgan fingerprint density at radius 3 is 2.53 bits per heavy atom. The Labute approximate surface area is 213 Å². The first kappa shape index (κ1) is 25.8. The lowest BCUT2D eigenvalue weighted by atomic mass is 9.90. The van der Waals surface area contributed by atoms with Crippen LogP contribution in [0, 0.1) is 12.3 Å². The number of ether oxygens (including phenoxy) is 1. The van der Waals surface area contributed by atoms with Gasteiger partial charge in [0.15, 0.2) is 0 Å². The Morgan fingerprint density at radius 2 is 1.89 bits per heavy atom.